The van der Waals surface area contributed by atoms with E-state index in [1.54, 1.807) is 24.3 Å². The Morgan fingerprint density at radius 3 is 2.66 bits per heavy atom. The third kappa shape index (κ3) is 6.15. The van der Waals surface area contributed by atoms with Crippen molar-refractivity contribution in [2.75, 3.05) is 44.4 Å². The summed E-state index contributed by atoms with van der Waals surface area (Å²) in [6, 6.07) is 10.8. The van der Waals surface area contributed by atoms with Gasteiger partial charge in [-0.1, -0.05) is 11.2 Å². The SMILES string of the molecule is O=[N+]([O-])c1cc(/C=N\OCCCOc2ccc(F)cc2)ccc1N1CCOCC1. The molecule has 0 atom stereocenters. The van der Waals surface area contributed by atoms with E-state index in [2.05, 4.69) is 5.16 Å². The van der Waals surface area contributed by atoms with Crippen molar-refractivity contribution < 1.29 is 23.6 Å². The monoisotopic (exact) mass is 403 g/mol. The molecule has 0 aliphatic carbocycles. The summed E-state index contributed by atoms with van der Waals surface area (Å²) < 4.78 is 23.6. The predicted octanol–water partition coefficient (Wildman–Crippen LogP) is 3.39. The normalized spacial score (nSPS) is 14.2. The molecule has 2 aromatic rings. The molecule has 0 radical (unpaired) electrons. The highest BCUT2D eigenvalue weighted by Gasteiger charge is 2.21. The van der Waals surface area contributed by atoms with Gasteiger partial charge in [-0.25, -0.2) is 4.39 Å². The van der Waals surface area contributed by atoms with E-state index < -0.39 is 4.92 Å². The maximum atomic E-state index is 12.8. The molecular formula is C20H22FN3O5. The molecule has 0 bridgehead atoms. The summed E-state index contributed by atoms with van der Waals surface area (Å²) >= 11 is 0. The largest absolute Gasteiger partial charge is 0.493 e. The summed E-state index contributed by atoms with van der Waals surface area (Å²) in [5.74, 6) is 0.274. The van der Waals surface area contributed by atoms with Gasteiger partial charge in [0, 0.05) is 31.1 Å². The average molecular weight is 403 g/mol. The molecule has 0 amide bonds. The van der Waals surface area contributed by atoms with Crippen LogP contribution in [-0.2, 0) is 9.57 Å². The number of benzene rings is 2. The van der Waals surface area contributed by atoms with Crippen LogP contribution in [0.1, 0.15) is 12.0 Å². The molecule has 3 rings (SSSR count). The molecule has 0 spiro atoms. The molecule has 1 heterocycles. The van der Waals surface area contributed by atoms with Crippen LogP contribution in [-0.4, -0.2) is 50.7 Å². The Morgan fingerprint density at radius 1 is 1.17 bits per heavy atom. The smallest absolute Gasteiger partial charge is 0.293 e. The van der Waals surface area contributed by atoms with Crippen molar-refractivity contribution in [2.45, 2.75) is 6.42 Å². The molecule has 1 aliphatic rings. The molecule has 8 nitrogen and oxygen atoms in total. The summed E-state index contributed by atoms with van der Waals surface area (Å²) in [7, 11) is 0. The van der Waals surface area contributed by atoms with Crippen molar-refractivity contribution in [3.8, 4) is 5.75 Å². The first-order chi connectivity index (χ1) is 14.1. The topological polar surface area (TPSA) is 86.4 Å². The first-order valence-corrected chi connectivity index (χ1v) is 9.28. The minimum absolute atomic E-state index is 0.0311. The third-order valence-corrected chi connectivity index (χ3v) is 4.29. The summed E-state index contributed by atoms with van der Waals surface area (Å²) in [6.07, 6.45) is 2.03. The number of halogens is 1. The second kappa shape index (κ2) is 10.4. The van der Waals surface area contributed by atoms with E-state index in [-0.39, 0.29) is 11.5 Å². The molecule has 1 aliphatic heterocycles. The van der Waals surface area contributed by atoms with Crippen LogP contribution in [0.3, 0.4) is 0 Å². The van der Waals surface area contributed by atoms with Crippen LogP contribution < -0.4 is 9.64 Å². The van der Waals surface area contributed by atoms with Gasteiger partial charge in [-0.2, -0.15) is 0 Å². The molecular weight excluding hydrogens is 381 g/mol. The summed E-state index contributed by atoms with van der Waals surface area (Å²) in [5, 5.41) is 15.3. The number of oxime groups is 1. The number of nitrogens with zero attached hydrogens (tertiary/aromatic N) is 3. The van der Waals surface area contributed by atoms with E-state index in [9.17, 15) is 14.5 Å². The standard InChI is InChI=1S/C20H22FN3O5/c21-17-3-5-18(6-4-17)28-10-1-11-29-22-15-16-2-7-19(20(14-16)24(25)26)23-8-12-27-13-9-23/h2-7,14-15H,1,8-13H2/b22-15-. The molecule has 0 N–H and O–H groups in total. The fraction of sp³-hybridized carbons (Fsp3) is 0.350. The van der Waals surface area contributed by atoms with Gasteiger partial charge in [-0.3, -0.25) is 10.1 Å². The number of anilines is 1. The third-order valence-electron chi connectivity index (χ3n) is 4.29. The number of ether oxygens (including phenoxy) is 2. The minimum atomic E-state index is -0.393. The molecule has 0 saturated carbocycles. The quantitative estimate of drug-likeness (QED) is 0.276. The van der Waals surface area contributed by atoms with E-state index in [4.69, 9.17) is 14.3 Å². The van der Waals surface area contributed by atoms with Crippen LogP contribution in [0.5, 0.6) is 5.75 Å². The van der Waals surface area contributed by atoms with Gasteiger partial charge in [0.15, 0.2) is 0 Å². The molecule has 0 unspecified atom stereocenters. The second-order valence-corrected chi connectivity index (χ2v) is 6.33. The maximum Gasteiger partial charge on any atom is 0.293 e. The van der Waals surface area contributed by atoms with Crippen molar-refractivity contribution in [2.24, 2.45) is 5.16 Å². The van der Waals surface area contributed by atoms with Crippen LogP contribution in [0.4, 0.5) is 15.8 Å². The fourth-order valence-corrected chi connectivity index (χ4v) is 2.83. The van der Waals surface area contributed by atoms with E-state index in [0.29, 0.717) is 62.9 Å². The summed E-state index contributed by atoms with van der Waals surface area (Å²) in [5.41, 5.74) is 1.19. The van der Waals surface area contributed by atoms with E-state index in [0.717, 1.165) is 0 Å². The van der Waals surface area contributed by atoms with Crippen LogP contribution in [0.2, 0.25) is 0 Å². The van der Waals surface area contributed by atoms with Crippen molar-refractivity contribution in [1.29, 1.82) is 0 Å². The Labute approximate surface area is 167 Å². The van der Waals surface area contributed by atoms with Gasteiger partial charge in [0.05, 0.1) is 31.0 Å². The maximum absolute atomic E-state index is 12.8. The Morgan fingerprint density at radius 2 is 1.93 bits per heavy atom. The Hall–Kier alpha value is -3.20. The van der Waals surface area contributed by atoms with Crippen molar-refractivity contribution in [3.05, 3.63) is 64.0 Å². The number of nitro benzene ring substituents is 1. The van der Waals surface area contributed by atoms with Gasteiger partial charge >= 0.3 is 0 Å². The zero-order valence-electron chi connectivity index (χ0n) is 15.8. The predicted molar refractivity (Wildman–Crippen MR) is 106 cm³/mol. The van der Waals surface area contributed by atoms with Gasteiger partial charge in [-0.05, 0) is 30.3 Å². The fourth-order valence-electron chi connectivity index (χ4n) is 2.83. The van der Waals surface area contributed by atoms with Gasteiger partial charge in [0.25, 0.3) is 5.69 Å². The van der Waals surface area contributed by atoms with Crippen molar-refractivity contribution in [1.82, 2.24) is 0 Å². The van der Waals surface area contributed by atoms with Gasteiger partial charge in [0.1, 0.15) is 23.9 Å². The lowest BCUT2D eigenvalue weighted by Gasteiger charge is -2.28. The Bertz CT molecular complexity index is 839. The number of nitro groups is 1. The zero-order valence-corrected chi connectivity index (χ0v) is 15.8. The number of hydrogen-bond acceptors (Lipinski definition) is 7. The van der Waals surface area contributed by atoms with Crippen molar-refractivity contribution >= 4 is 17.6 Å². The lowest BCUT2D eigenvalue weighted by molar-refractivity contribution is -0.384. The first kappa shape index (κ1) is 20.5. The van der Waals surface area contributed by atoms with E-state index in [1.807, 2.05) is 4.90 Å². The lowest BCUT2D eigenvalue weighted by atomic mass is 10.1. The number of morpholine rings is 1. The number of hydrogen-bond donors (Lipinski definition) is 0. The zero-order chi connectivity index (χ0) is 20.5. The molecule has 0 aromatic heterocycles. The highest BCUT2D eigenvalue weighted by atomic mass is 19.1. The van der Waals surface area contributed by atoms with Crippen molar-refractivity contribution in [3.63, 3.8) is 0 Å². The van der Waals surface area contributed by atoms with Gasteiger partial charge < -0.3 is 19.2 Å². The van der Waals surface area contributed by atoms with Gasteiger partial charge in [0.2, 0.25) is 0 Å². The molecule has 9 heteroatoms. The molecule has 1 fully saturated rings. The molecule has 29 heavy (non-hydrogen) atoms. The minimum Gasteiger partial charge on any atom is -0.493 e. The second-order valence-electron chi connectivity index (χ2n) is 6.33. The molecule has 154 valence electrons. The highest BCUT2D eigenvalue weighted by molar-refractivity contribution is 5.82. The molecule has 2 aromatic carbocycles. The Kier molecular flexibility index (Phi) is 7.34. The van der Waals surface area contributed by atoms with Crippen LogP contribution in [0, 0.1) is 15.9 Å². The van der Waals surface area contributed by atoms with Crippen LogP contribution in [0.15, 0.2) is 47.6 Å². The summed E-state index contributed by atoms with van der Waals surface area (Å²) in [6.45, 7) is 3.08. The van der Waals surface area contributed by atoms with Crippen LogP contribution in [0.25, 0.3) is 0 Å². The lowest BCUT2D eigenvalue weighted by Crippen LogP contribution is -2.36. The van der Waals surface area contributed by atoms with Gasteiger partial charge in [-0.15, -0.1) is 0 Å². The van der Waals surface area contributed by atoms with E-state index >= 15 is 0 Å². The van der Waals surface area contributed by atoms with Crippen LogP contribution >= 0.6 is 0 Å². The van der Waals surface area contributed by atoms with E-state index in [1.165, 1.54) is 24.4 Å². The average Bonchev–Trinajstić information content (AvgIpc) is 2.75. The first-order valence-electron chi connectivity index (χ1n) is 9.28. The number of rotatable bonds is 9. The molecule has 1 saturated heterocycles. The highest BCUT2D eigenvalue weighted by Crippen LogP contribution is 2.29. The summed E-state index contributed by atoms with van der Waals surface area (Å²) in [4.78, 5) is 18.2. The Balaban J connectivity index is 1.46.